The molecule has 4 heteroatoms. The van der Waals surface area contributed by atoms with Crippen LogP contribution in [0.5, 0.6) is 0 Å². The molecule has 20 heavy (non-hydrogen) atoms. The summed E-state index contributed by atoms with van der Waals surface area (Å²) in [6, 6.07) is 8.14. The average molecular weight is 299 g/mol. The lowest BCUT2D eigenvalue weighted by atomic mass is 9.81. The van der Waals surface area contributed by atoms with Gasteiger partial charge >= 0.3 is 0 Å². The van der Waals surface area contributed by atoms with Gasteiger partial charge in [-0.3, -0.25) is 4.79 Å². The first-order chi connectivity index (χ1) is 9.00. The van der Waals surface area contributed by atoms with E-state index in [1.165, 1.54) is 5.56 Å². The van der Waals surface area contributed by atoms with Crippen LogP contribution in [0.15, 0.2) is 24.3 Å². The maximum Gasteiger partial charge on any atom is 0.227 e. The molecule has 1 atom stereocenters. The lowest BCUT2D eigenvalue weighted by Gasteiger charge is -2.30. The molecule has 0 spiro atoms. The molecule has 0 saturated heterocycles. The van der Waals surface area contributed by atoms with E-state index in [1.807, 2.05) is 32.9 Å². The molecule has 0 aromatic heterocycles. The fourth-order valence-electron chi connectivity index (χ4n) is 2.45. The van der Waals surface area contributed by atoms with Crippen molar-refractivity contribution in [2.45, 2.75) is 46.6 Å². The summed E-state index contributed by atoms with van der Waals surface area (Å²) in [5.74, 6) is 0.0655. The third kappa shape index (κ3) is 3.97. The van der Waals surface area contributed by atoms with Crippen molar-refractivity contribution in [1.82, 2.24) is 5.32 Å². The molecule has 0 aliphatic carbocycles. The molecule has 0 bridgehead atoms. The Morgan fingerprint density at radius 1 is 1.30 bits per heavy atom. The van der Waals surface area contributed by atoms with Crippen molar-refractivity contribution in [3.63, 3.8) is 0 Å². The Bertz CT molecular complexity index is 422. The Hall–Kier alpha value is -1.06. The number of halogens is 1. The van der Waals surface area contributed by atoms with E-state index in [4.69, 9.17) is 5.73 Å². The zero-order valence-corrected chi connectivity index (χ0v) is 13.7. The Kier molecular flexibility index (Phi) is 7.84. The predicted molar refractivity (Wildman–Crippen MR) is 87.1 cm³/mol. The summed E-state index contributed by atoms with van der Waals surface area (Å²) in [4.78, 5) is 12.5. The second-order valence-corrected chi connectivity index (χ2v) is 5.24. The zero-order valence-electron chi connectivity index (χ0n) is 12.9. The number of nitrogens with one attached hydrogen (secondary N) is 1. The van der Waals surface area contributed by atoms with Crippen molar-refractivity contribution >= 4 is 18.3 Å². The van der Waals surface area contributed by atoms with Gasteiger partial charge in [0.25, 0.3) is 0 Å². The number of amides is 1. The highest BCUT2D eigenvalue weighted by Crippen LogP contribution is 2.27. The van der Waals surface area contributed by atoms with E-state index in [-0.39, 0.29) is 24.4 Å². The molecule has 1 unspecified atom stereocenters. The van der Waals surface area contributed by atoms with Crippen LogP contribution in [0.2, 0.25) is 0 Å². The molecule has 1 rings (SSSR count). The van der Waals surface area contributed by atoms with Gasteiger partial charge in [0.2, 0.25) is 5.91 Å². The number of rotatable bonds is 6. The Morgan fingerprint density at radius 3 is 2.30 bits per heavy atom. The van der Waals surface area contributed by atoms with Crippen molar-refractivity contribution in [3.05, 3.63) is 35.4 Å². The molecule has 3 nitrogen and oxygen atoms in total. The van der Waals surface area contributed by atoms with Crippen LogP contribution >= 0.6 is 12.4 Å². The Labute approximate surface area is 128 Å². The van der Waals surface area contributed by atoms with Crippen molar-refractivity contribution in [3.8, 4) is 0 Å². The molecule has 0 fully saturated rings. The lowest BCUT2D eigenvalue weighted by molar-refractivity contribution is -0.131. The number of hydrogen-bond donors (Lipinski definition) is 2. The van der Waals surface area contributed by atoms with Gasteiger partial charge in [-0.25, -0.2) is 0 Å². The normalized spacial score (nSPS) is 12.4. The summed E-state index contributed by atoms with van der Waals surface area (Å²) in [6.07, 6.45) is 1.54. The quantitative estimate of drug-likeness (QED) is 0.846. The van der Waals surface area contributed by atoms with Gasteiger partial charge in [0.15, 0.2) is 0 Å². The van der Waals surface area contributed by atoms with Gasteiger partial charge in [0.1, 0.15) is 0 Å². The average Bonchev–Trinajstić information content (AvgIpc) is 2.41. The van der Waals surface area contributed by atoms with Gasteiger partial charge in [-0.05, 0) is 37.8 Å². The van der Waals surface area contributed by atoms with Crippen LogP contribution in [0.1, 0.15) is 50.8 Å². The maximum absolute atomic E-state index is 12.5. The maximum atomic E-state index is 12.5. The number of benzene rings is 1. The molecule has 3 N–H and O–H groups in total. The first-order valence-corrected chi connectivity index (χ1v) is 7.07. The van der Waals surface area contributed by atoms with Crippen LogP contribution in [-0.2, 0) is 4.79 Å². The standard InChI is InChI=1S/C16H26N2O.ClH/c1-5-16(6-2,11-17)15(19)18-13(4)14-10-8-7-9-12(14)3;/h7-10,13H,5-6,11,17H2,1-4H3,(H,18,19);1H. The zero-order chi connectivity index (χ0) is 14.5. The van der Waals surface area contributed by atoms with Gasteiger partial charge in [-0.15, -0.1) is 12.4 Å². The van der Waals surface area contributed by atoms with E-state index in [2.05, 4.69) is 24.4 Å². The summed E-state index contributed by atoms with van der Waals surface area (Å²) < 4.78 is 0. The van der Waals surface area contributed by atoms with E-state index >= 15 is 0 Å². The second kappa shape index (κ2) is 8.28. The third-order valence-corrected chi connectivity index (χ3v) is 4.23. The minimum Gasteiger partial charge on any atom is -0.349 e. The lowest BCUT2D eigenvalue weighted by Crippen LogP contribution is -2.46. The predicted octanol–water partition coefficient (Wildman–Crippen LogP) is 3.36. The number of aryl methyl sites for hydroxylation is 1. The fraction of sp³-hybridized carbons (Fsp3) is 0.562. The van der Waals surface area contributed by atoms with Crippen LogP contribution in [0.25, 0.3) is 0 Å². The van der Waals surface area contributed by atoms with Crippen LogP contribution < -0.4 is 11.1 Å². The molecule has 1 aromatic carbocycles. The first kappa shape index (κ1) is 18.9. The van der Waals surface area contributed by atoms with E-state index in [0.717, 1.165) is 18.4 Å². The monoisotopic (exact) mass is 298 g/mol. The minimum atomic E-state index is -0.434. The van der Waals surface area contributed by atoms with Gasteiger partial charge in [-0.2, -0.15) is 0 Å². The van der Waals surface area contributed by atoms with Crippen LogP contribution in [-0.4, -0.2) is 12.5 Å². The first-order valence-electron chi connectivity index (χ1n) is 7.07. The smallest absolute Gasteiger partial charge is 0.227 e. The highest BCUT2D eigenvalue weighted by molar-refractivity contribution is 5.85. The molecule has 1 amide bonds. The van der Waals surface area contributed by atoms with E-state index in [0.29, 0.717) is 6.54 Å². The van der Waals surface area contributed by atoms with Gasteiger partial charge in [0.05, 0.1) is 11.5 Å². The number of nitrogens with two attached hydrogens (primary N) is 1. The van der Waals surface area contributed by atoms with Crippen molar-refractivity contribution < 1.29 is 4.79 Å². The summed E-state index contributed by atoms with van der Waals surface area (Å²) in [5.41, 5.74) is 7.74. The van der Waals surface area contributed by atoms with Gasteiger partial charge < -0.3 is 11.1 Å². The molecule has 114 valence electrons. The largest absolute Gasteiger partial charge is 0.349 e. The Morgan fingerprint density at radius 2 is 1.85 bits per heavy atom. The SMILES string of the molecule is CCC(CC)(CN)C(=O)NC(C)c1ccccc1C.Cl. The molecule has 0 heterocycles. The summed E-state index contributed by atoms with van der Waals surface area (Å²) >= 11 is 0. The molecule has 0 aliphatic rings. The number of carbonyl (C=O) groups is 1. The summed E-state index contributed by atoms with van der Waals surface area (Å²) in [6.45, 7) is 8.52. The highest BCUT2D eigenvalue weighted by Gasteiger charge is 2.34. The molecule has 1 aromatic rings. The summed E-state index contributed by atoms with van der Waals surface area (Å²) in [5, 5.41) is 3.11. The molecular formula is C16H27ClN2O. The van der Waals surface area contributed by atoms with Crippen LogP contribution in [0.4, 0.5) is 0 Å². The molecule has 0 saturated carbocycles. The molecule has 0 aliphatic heterocycles. The second-order valence-electron chi connectivity index (χ2n) is 5.24. The van der Waals surface area contributed by atoms with E-state index in [1.54, 1.807) is 0 Å². The topological polar surface area (TPSA) is 55.1 Å². The molecular weight excluding hydrogens is 272 g/mol. The van der Waals surface area contributed by atoms with Crippen molar-refractivity contribution in [2.24, 2.45) is 11.1 Å². The van der Waals surface area contributed by atoms with Crippen LogP contribution in [0.3, 0.4) is 0 Å². The van der Waals surface area contributed by atoms with E-state index in [9.17, 15) is 4.79 Å². The van der Waals surface area contributed by atoms with Gasteiger partial charge in [0, 0.05) is 6.54 Å². The minimum absolute atomic E-state index is 0. The number of hydrogen-bond acceptors (Lipinski definition) is 2. The summed E-state index contributed by atoms with van der Waals surface area (Å²) in [7, 11) is 0. The third-order valence-electron chi connectivity index (χ3n) is 4.23. The Balaban J connectivity index is 0.00000361. The highest BCUT2D eigenvalue weighted by atomic mass is 35.5. The van der Waals surface area contributed by atoms with E-state index < -0.39 is 5.41 Å². The van der Waals surface area contributed by atoms with Crippen molar-refractivity contribution in [2.75, 3.05) is 6.54 Å². The number of carbonyl (C=O) groups excluding carboxylic acids is 1. The van der Waals surface area contributed by atoms with Crippen molar-refractivity contribution in [1.29, 1.82) is 0 Å². The molecule has 0 radical (unpaired) electrons. The van der Waals surface area contributed by atoms with Crippen LogP contribution in [0, 0.1) is 12.3 Å². The van der Waals surface area contributed by atoms with Gasteiger partial charge in [-0.1, -0.05) is 38.1 Å². The fourth-order valence-corrected chi connectivity index (χ4v) is 2.45.